The quantitative estimate of drug-likeness (QED) is 0.837. The molecule has 0 aliphatic heterocycles. The number of nitrogens with zero attached hydrogens (tertiary/aromatic N) is 1. The molecule has 1 aliphatic rings. The van der Waals surface area contributed by atoms with E-state index in [1.54, 1.807) is 0 Å². The Morgan fingerprint density at radius 3 is 3.00 bits per heavy atom. The van der Waals surface area contributed by atoms with Crippen LogP contribution in [0.15, 0.2) is 47.2 Å². The second kappa shape index (κ2) is 6.46. The molecule has 1 saturated carbocycles. The van der Waals surface area contributed by atoms with Crippen molar-refractivity contribution in [2.75, 3.05) is 6.61 Å². The molecule has 1 heterocycles. The van der Waals surface area contributed by atoms with Crippen molar-refractivity contribution in [1.29, 1.82) is 0 Å². The van der Waals surface area contributed by atoms with Crippen molar-refractivity contribution in [3.8, 4) is 5.75 Å². The molecule has 0 amide bonds. The number of rotatable bonds is 7. The van der Waals surface area contributed by atoms with Crippen LogP contribution >= 0.6 is 15.9 Å². The summed E-state index contributed by atoms with van der Waals surface area (Å²) in [7, 11) is 0. The standard InChI is InChI=1S/C16H19BrN2O/c17-14-2-1-3-16(10-14)20-9-8-19-7-6-13(12-19)11-18-15-4-5-15/h1-3,6-7,10,12,15,18H,4-5,8-9,11H2. The van der Waals surface area contributed by atoms with Crippen LogP contribution in [0, 0.1) is 0 Å². The second-order valence-electron chi connectivity index (χ2n) is 5.22. The molecule has 1 N–H and O–H groups in total. The van der Waals surface area contributed by atoms with E-state index in [0.29, 0.717) is 6.61 Å². The topological polar surface area (TPSA) is 26.2 Å². The number of benzene rings is 1. The summed E-state index contributed by atoms with van der Waals surface area (Å²) in [5.74, 6) is 0.905. The van der Waals surface area contributed by atoms with Gasteiger partial charge in [0, 0.05) is 29.5 Å². The third kappa shape index (κ3) is 4.12. The number of hydrogen-bond donors (Lipinski definition) is 1. The van der Waals surface area contributed by atoms with E-state index in [4.69, 9.17) is 4.74 Å². The normalized spacial score (nSPS) is 14.4. The average Bonchev–Trinajstić information content (AvgIpc) is 3.16. The summed E-state index contributed by atoms with van der Waals surface area (Å²) in [6.45, 7) is 2.53. The number of ether oxygens (including phenoxy) is 1. The fraction of sp³-hybridized carbons (Fsp3) is 0.375. The van der Waals surface area contributed by atoms with Gasteiger partial charge in [0.1, 0.15) is 12.4 Å². The van der Waals surface area contributed by atoms with E-state index in [0.717, 1.165) is 29.4 Å². The van der Waals surface area contributed by atoms with Crippen LogP contribution in [0.5, 0.6) is 5.75 Å². The van der Waals surface area contributed by atoms with Crippen LogP contribution in [0.3, 0.4) is 0 Å². The molecule has 4 heteroatoms. The maximum Gasteiger partial charge on any atom is 0.120 e. The van der Waals surface area contributed by atoms with Gasteiger partial charge in [-0.3, -0.25) is 0 Å². The third-order valence-corrected chi connectivity index (χ3v) is 3.89. The van der Waals surface area contributed by atoms with Crippen molar-refractivity contribution >= 4 is 15.9 Å². The van der Waals surface area contributed by atoms with Crippen LogP contribution in [0.2, 0.25) is 0 Å². The van der Waals surface area contributed by atoms with Gasteiger partial charge in [0.05, 0.1) is 6.54 Å². The molecule has 1 aromatic carbocycles. The average molecular weight is 335 g/mol. The molecule has 0 bridgehead atoms. The Morgan fingerprint density at radius 1 is 1.30 bits per heavy atom. The molecule has 1 aliphatic carbocycles. The van der Waals surface area contributed by atoms with Crippen molar-refractivity contribution in [2.45, 2.75) is 32.0 Å². The first-order valence-corrected chi connectivity index (χ1v) is 7.85. The van der Waals surface area contributed by atoms with Gasteiger partial charge in [-0.2, -0.15) is 0 Å². The Hall–Kier alpha value is -1.26. The maximum atomic E-state index is 5.74. The van der Waals surface area contributed by atoms with Crippen molar-refractivity contribution in [3.05, 3.63) is 52.8 Å². The molecule has 1 fully saturated rings. The van der Waals surface area contributed by atoms with Crippen molar-refractivity contribution in [3.63, 3.8) is 0 Å². The smallest absolute Gasteiger partial charge is 0.120 e. The van der Waals surface area contributed by atoms with Crippen LogP contribution in [0.4, 0.5) is 0 Å². The number of hydrogen-bond acceptors (Lipinski definition) is 2. The SMILES string of the molecule is Brc1cccc(OCCn2ccc(CNC3CC3)c2)c1. The molecule has 0 radical (unpaired) electrons. The van der Waals surface area contributed by atoms with E-state index in [9.17, 15) is 0 Å². The lowest BCUT2D eigenvalue weighted by molar-refractivity contribution is 0.298. The molecule has 0 saturated heterocycles. The number of aromatic nitrogens is 1. The predicted octanol–water partition coefficient (Wildman–Crippen LogP) is 3.58. The van der Waals surface area contributed by atoms with E-state index in [-0.39, 0.29) is 0 Å². The zero-order chi connectivity index (χ0) is 13.8. The summed E-state index contributed by atoms with van der Waals surface area (Å²) < 4.78 is 8.97. The summed E-state index contributed by atoms with van der Waals surface area (Å²) >= 11 is 3.44. The highest BCUT2D eigenvalue weighted by Gasteiger charge is 2.19. The Bertz CT molecular complexity index is 563. The number of halogens is 1. The molecular formula is C16H19BrN2O. The molecule has 0 unspecified atom stereocenters. The Balaban J connectivity index is 1.43. The monoisotopic (exact) mass is 334 g/mol. The Morgan fingerprint density at radius 2 is 2.20 bits per heavy atom. The molecular weight excluding hydrogens is 316 g/mol. The van der Waals surface area contributed by atoms with E-state index in [1.165, 1.54) is 18.4 Å². The van der Waals surface area contributed by atoms with Crippen LogP contribution in [0.1, 0.15) is 18.4 Å². The Labute approximate surface area is 128 Å². The molecule has 106 valence electrons. The second-order valence-corrected chi connectivity index (χ2v) is 6.13. The fourth-order valence-corrected chi connectivity index (χ4v) is 2.49. The van der Waals surface area contributed by atoms with Crippen LogP contribution in [-0.4, -0.2) is 17.2 Å². The van der Waals surface area contributed by atoms with Crippen LogP contribution in [-0.2, 0) is 13.1 Å². The van der Waals surface area contributed by atoms with E-state index in [2.05, 4.69) is 44.3 Å². The van der Waals surface area contributed by atoms with Gasteiger partial charge in [-0.25, -0.2) is 0 Å². The van der Waals surface area contributed by atoms with Gasteiger partial charge in [-0.1, -0.05) is 22.0 Å². The summed E-state index contributed by atoms with van der Waals surface area (Å²) in [6.07, 6.45) is 6.98. The van der Waals surface area contributed by atoms with E-state index >= 15 is 0 Å². The third-order valence-electron chi connectivity index (χ3n) is 3.40. The molecule has 3 nitrogen and oxygen atoms in total. The van der Waals surface area contributed by atoms with E-state index < -0.39 is 0 Å². The van der Waals surface area contributed by atoms with Gasteiger partial charge in [-0.05, 0) is 42.7 Å². The first-order valence-electron chi connectivity index (χ1n) is 7.06. The molecule has 0 atom stereocenters. The highest BCUT2D eigenvalue weighted by molar-refractivity contribution is 9.10. The predicted molar refractivity (Wildman–Crippen MR) is 83.9 cm³/mol. The van der Waals surface area contributed by atoms with Crippen molar-refractivity contribution < 1.29 is 4.74 Å². The first-order chi connectivity index (χ1) is 9.79. The minimum atomic E-state index is 0.681. The Kier molecular flexibility index (Phi) is 4.43. The fourth-order valence-electron chi connectivity index (χ4n) is 2.11. The van der Waals surface area contributed by atoms with Crippen molar-refractivity contribution in [2.24, 2.45) is 0 Å². The number of nitrogens with one attached hydrogen (secondary N) is 1. The van der Waals surface area contributed by atoms with Gasteiger partial charge in [-0.15, -0.1) is 0 Å². The summed E-state index contributed by atoms with van der Waals surface area (Å²) in [5, 5.41) is 3.52. The molecule has 1 aromatic heterocycles. The molecule has 2 aromatic rings. The summed E-state index contributed by atoms with van der Waals surface area (Å²) in [5.41, 5.74) is 1.35. The van der Waals surface area contributed by atoms with E-state index in [1.807, 2.05) is 24.3 Å². The van der Waals surface area contributed by atoms with Crippen LogP contribution < -0.4 is 10.1 Å². The molecule has 20 heavy (non-hydrogen) atoms. The van der Waals surface area contributed by atoms with Gasteiger partial charge in [0.15, 0.2) is 0 Å². The van der Waals surface area contributed by atoms with Gasteiger partial charge >= 0.3 is 0 Å². The lowest BCUT2D eigenvalue weighted by atomic mass is 10.3. The highest BCUT2D eigenvalue weighted by atomic mass is 79.9. The zero-order valence-corrected chi connectivity index (χ0v) is 13.0. The highest BCUT2D eigenvalue weighted by Crippen LogP contribution is 2.19. The van der Waals surface area contributed by atoms with Crippen LogP contribution in [0.25, 0.3) is 0 Å². The lowest BCUT2D eigenvalue weighted by Gasteiger charge is -2.07. The lowest BCUT2D eigenvalue weighted by Crippen LogP contribution is -2.14. The van der Waals surface area contributed by atoms with Gasteiger partial charge in [0.25, 0.3) is 0 Å². The molecule has 0 spiro atoms. The zero-order valence-electron chi connectivity index (χ0n) is 11.4. The largest absolute Gasteiger partial charge is 0.492 e. The minimum Gasteiger partial charge on any atom is -0.492 e. The maximum absolute atomic E-state index is 5.74. The van der Waals surface area contributed by atoms with Gasteiger partial charge in [0.2, 0.25) is 0 Å². The summed E-state index contributed by atoms with van der Waals surface area (Å²) in [4.78, 5) is 0. The minimum absolute atomic E-state index is 0.681. The van der Waals surface area contributed by atoms with Gasteiger partial charge < -0.3 is 14.6 Å². The summed E-state index contributed by atoms with van der Waals surface area (Å²) in [6, 6.07) is 10.9. The van der Waals surface area contributed by atoms with Crippen molar-refractivity contribution in [1.82, 2.24) is 9.88 Å². The molecule has 3 rings (SSSR count). The first kappa shape index (κ1) is 13.7.